The van der Waals surface area contributed by atoms with Gasteiger partial charge in [-0.1, -0.05) is 29.4 Å². The second-order valence-electron chi connectivity index (χ2n) is 5.65. The van der Waals surface area contributed by atoms with Crippen LogP contribution in [0.15, 0.2) is 39.3 Å². The lowest BCUT2D eigenvalue weighted by Gasteiger charge is -2.11. The number of carbonyl (C=O) groups excluding carboxylic acids is 2. The number of thioether (sulfide) groups is 1. The van der Waals surface area contributed by atoms with Crippen LogP contribution < -0.4 is 0 Å². The molecular weight excluding hydrogens is 422 g/mol. The predicted octanol–water partition coefficient (Wildman–Crippen LogP) is 4.16. The summed E-state index contributed by atoms with van der Waals surface area (Å²) >= 11 is 8.28. The minimum atomic E-state index is -1.05. The Balaban J connectivity index is 1.70. The van der Waals surface area contributed by atoms with Gasteiger partial charge >= 0.3 is 5.97 Å². The van der Waals surface area contributed by atoms with E-state index < -0.39 is 11.9 Å². The van der Waals surface area contributed by atoms with Crippen molar-refractivity contribution in [3.05, 3.63) is 45.4 Å². The van der Waals surface area contributed by atoms with Crippen LogP contribution in [-0.4, -0.2) is 39.3 Å². The van der Waals surface area contributed by atoms with Crippen LogP contribution in [0.25, 0.3) is 11.5 Å². The highest BCUT2D eigenvalue weighted by Crippen LogP contribution is 2.28. The number of esters is 1. The predicted molar refractivity (Wildman–Crippen MR) is 107 cm³/mol. The fourth-order valence-corrected chi connectivity index (χ4v) is 4.09. The smallest absolute Gasteiger partial charge is 0.323 e. The maximum Gasteiger partial charge on any atom is 0.323 e. The fraction of sp³-hybridized carbons (Fsp3) is 0.278. The van der Waals surface area contributed by atoms with E-state index in [-0.39, 0.29) is 23.4 Å². The largest absolute Gasteiger partial charge is 0.465 e. The minimum Gasteiger partial charge on any atom is -0.465 e. The SMILES string of the molecule is CCOC(=O)C(C(=O)CSc1nnc(-c2cccc(Cl)c2)o1)c1nc(C)cs1. The van der Waals surface area contributed by atoms with Crippen LogP contribution in [0, 0.1) is 6.92 Å². The number of benzene rings is 1. The first-order chi connectivity index (χ1) is 13.5. The quantitative estimate of drug-likeness (QED) is 0.294. The number of ketones is 1. The van der Waals surface area contributed by atoms with Crippen molar-refractivity contribution < 1.29 is 18.7 Å². The lowest BCUT2D eigenvalue weighted by Crippen LogP contribution is -2.25. The molecule has 0 N–H and O–H groups in total. The van der Waals surface area contributed by atoms with Gasteiger partial charge in [0, 0.05) is 21.7 Å². The molecule has 0 spiro atoms. The normalized spacial score (nSPS) is 12.0. The van der Waals surface area contributed by atoms with Crippen LogP contribution in [0.3, 0.4) is 0 Å². The van der Waals surface area contributed by atoms with Gasteiger partial charge in [0.2, 0.25) is 5.89 Å². The third-order valence-corrected chi connectivity index (χ3v) is 5.65. The van der Waals surface area contributed by atoms with Crippen molar-refractivity contribution in [2.45, 2.75) is 25.0 Å². The molecule has 0 aliphatic rings. The van der Waals surface area contributed by atoms with E-state index in [2.05, 4.69) is 15.2 Å². The zero-order valence-corrected chi connectivity index (χ0v) is 17.4. The molecule has 0 fully saturated rings. The molecule has 2 heterocycles. The Morgan fingerprint density at radius 2 is 2.18 bits per heavy atom. The van der Waals surface area contributed by atoms with Gasteiger partial charge in [-0.15, -0.1) is 21.5 Å². The lowest BCUT2D eigenvalue weighted by atomic mass is 10.1. The summed E-state index contributed by atoms with van der Waals surface area (Å²) in [6.45, 7) is 3.68. The fourth-order valence-electron chi connectivity index (χ4n) is 2.32. The van der Waals surface area contributed by atoms with Gasteiger partial charge in [-0.25, -0.2) is 4.98 Å². The molecule has 0 saturated carbocycles. The Bertz CT molecular complexity index is 989. The van der Waals surface area contributed by atoms with Crippen molar-refractivity contribution in [1.29, 1.82) is 0 Å². The van der Waals surface area contributed by atoms with Gasteiger partial charge in [-0.2, -0.15) is 0 Å². The van der Waals surface area contributed by atoms with Gasteiger partial charge in [0.15, 0.2) is 11.7 Å². The molecule has 0 aliphatic carbocycles. The third-order valence-electron chi connectivity index (χ3n) is 3.54. The Morgan fingerprint density at radius 3 is 2.86 bits per heavy atom. The van der Waals surface area contributed by atoms with Crippen LogP contribution >= 0.6 is 34.7 Å². The zero-order chi connectivity index (χ0) is 20.1. The van der Waals surface area contributed by atoms with Crippen molar-refractivity contribution in [2.75, 3.05) is 12.4 Å². The molecule has 0 aliphatic heterocycles. The number of thiazole rings is 1. The molecule has 1 unspecified atom stereocenters. The molecule has 3 rings (SSSR count). The molecule has 28 heavy (non-hydrogen) atoms. The average molecular weight is 438 g/mol. The molecule has 0 radical (unpaired) electrons. The maximum absolute atomic E-state index is 12.7. The number of halogens is 1. The van der Waals surface area contributed by atoms with Crippen molar-refractivity contribution >= 4 is 46.5 Å². The molecule has 1 atom stereocenters. The number of hydrogen-bond donors (Lipinski definition) is 0. The summed E-state index contributed by atoms with van der Waals surface area (Å²) < 4.78 is 10.6. The number of aryl methyl sites for hydroxylation is 1. The zero-order valence-electron chi connectivity index (χ0n) is 15.0. The van der Waals surface area contributed by atoms with E-state index >= 15 is 0 Å². The maximum atomic E-state index is 12.7. The molecule has 10 heteroatoms. The summed E-state index contributed by atoms with van der Waals surface area (Å²) in [5, 5.41) is 10.9. The summed E-state index contributed by atoms with van der Waals surface area (Å²) in [4.78, 5) is 29.2. The minimum absolute atomic E-state index is 0.0285. The van der Waals surface area contributed by atoms with Crippen molar-refractivity contribution in [3.8, 4) is 11.5 Å². The van der Waals surface area contributed by atoms with E-state index in [1.807, 2.05) is 0 Å². The van der Waals surface area contributed by atoms with E-state index in [1.165, 1.54) is 11.3 Å². The molecule has 2 aromatic heterocycles. The number of hydrogen-bond acceptors (Lipinski definition) is 9. The Morgan fingerprint density at radius 1 is 1.36 bits per heavy atom. The first-order valence-electron chi connectivity index (χ1n) is 8.31. The van der Waals surface area contributed by atoms with Gasteiger partial charge in [0.05, 0.1) is 12.4 Å². The average Bonchev–Trinajstić information content (AvgIpc) is 3.30. The molecular formula is C18H16ClN3O4S2. The van der Waals surface area contributed by atoms with Gasteiger partial charge in [-0.3, -0.25) is 9.59 Å². The molecule has 7 nitrogen and oxygen atoms in total. The van der Waals surface area contributed by atoms with Crippen molar-refractivity contribution in [3.63, 3.8) is 0 Å². The highest BCUT2D eigenvalue weighted by Gasteiger charge is 2.32. The molecule has 1 aromatic carbocycles. The van der Waals surface area contributed by atoms with E-state index in [0.29, 0.717) is 21.5 Å². The topological polar surface area (TPSA) is 95.2 Å². The number of rotatable bonds is 8. The number of aromatic nitrogens is 3. The van der Waals surface area contributed by atoms with E-state index in [9.17, 15) is 9.59 Å². The number of ether oxygens (including phenoxy) is 1. The van der Waals surface area contributed by atoms with Gasteiger partial charge < -0.3 is 9.15 Å². The number of carbonyl (C=O) groups is 2. The molecule has 0 amide bonds. The van der Waals surface area contributed by atoms with E-state index in [0.717, 1.165) is 17.5 Å². The van der Waals surface area contributed by atoms with Crippen LogP contribution in [0.2, 0.25) is 5.02 Å². The summed E-state index contributed by atoms with van der Waals surface area (Å²) in [5.41, 5.74) is 1.43. The number of nitrogens with zero attached hydrogens (tertiary/aromatic N) is 3. The summed E-state index contributed by atoms with van der Waals surface area (Å²) in [5.74, 6) is -1.72. The summed E-state index contributed by atoms with van der Waals surface area (Å²) in [6.07, 6.45) is 0. The first kappa shape index (κ1) is 20.5. The van der Waals surface area contributed by atoms with Crippen LogP contribution in [0.4, 0.5) is 0 Å². The van der Waals surface area contributed by atoms with Crippen molar-refractivity contribution in [1.82, 2.24) is 15.2 Å². The monoisotopic (exact) mass is 437 g/mol. The van der Waals surface area contributed by atoms with Gasteiger partial charge in [-0.05, 0) is 32.0 Å². The standard InChI is InChI=1S/C18H16ClN3O4S2/c1-3-25-17(24)14(16-20-10(2)8-27-16)13(23)9-28-18-22-21-15(26-18)11-5-4-6-12(19)7-11/h4-8,14H,3,9H2,1-2H3. The molecule has 0 bridgehead atoms. The Labute approximate surface area is 174 Å². The third kappa shape index (κ3) is 4.98. The highest BCUT2D eigenvalue weighted by molar-refractivity contribution is 7.99. The van der Waals surface area contributed by atoms with E-state index in [4.69, 9.17) is 20.8 Å². The van der Waals surface area contributed by atoms with E-state index in [1.54, 1.807) is 43.5 Å². The Hall–Kier alpha value is -2.23. The van der Waals surface area contributed by atoms with Gasteiger partial charge in [0.25, 0.3) is 5.22 Å². The van der Waals surface area contributed by atoms with Crippen LogP contribution in [0.5, 0.6) is 0 Å². The second kappa shape index (κ2) is 9.31. The summed E-state index contributed by atoms with van der Waals surface area (Å²) in [6, 6.07) is 7.01. The molecule has 146 valence electrons. The Kier molecular flexibility index (Phi) is 6.82. The number of Topliss-reactive ketones (excluding diaryl/α,β-unsaturated/α-hetero) is 1. The highest BCUT2D eigenvalue weighted by atomic mass is 35.5. The van der Waals surface area contributed by atoms with Crippen LogP contribution in [0.1, 0.15) is 23.5 Å². The lowest BCUT2D eigenvalue weighted by molar-refractivity contribution is -0.147. The van der Waals surface area contributed by atoms with Crippen molar-refractivity contribution in [2.24, 2.45) is 0 Å². The molecule has 0 saturated heterocycles. The molecule has 3 aromatic rings. The van der Waals surface area contributed by atoms with Gasteiger partial charge in [0.1, 0.15) is 5.01 Å². The first-order valence-corrected chi connectivity index (χ1v) is 10.6. The van der Waals surface area contributed by atoms with Crippen LogP contribution in [-0.2, 0) is 14.3 Å². The second-order valence-corrected chi connectivity index (χ2v) is 7.90. The summed E-state index contributed by atoms with van der Waals surface area (Å²) in [7, 11) is 0.